The largest absolute Gasteiger partial charge is 0.488 e. The summed E-state index contributed by atoms with van der Waals surface area (Å²) in [5.74, 6) is 0.340. The highest BCUT2D eigenvalue weighted by atomic mass is 79.9. The van der Waals surface area contributed by atoms with Crippen LogP contribution in [0.1, 0.15) is 37.4 Å². The van der Waals surface area contributed by atoms with E-state index in [2.05, 4.69) is 27.0 Å². The van der Waals surface area contributed by atoms with Crippen LogP contribution in [0.3, 0.4) is 0 Å². The standard InChI is InChI=1S/C31H29BrN2O4S2/c1-4-37-30(36)27-19(2)33-31-34(28(27)22-11-13-23(39-3)14-12-22)29(35)26(40-31)17-21-10-15-25(24(32)16-21)38-18-20-8-6-5-7-9-20/h5-15,17,21,28H,4,16,18H2,1-3H3/b26-17-/t21-,28+/m1/s1. The second-order valence-electron chi connectivity index (χ2n) is 9.37. The fraction of sp³-hybridized carbons (Fsp3) is 0.258. The highest BCUT2D eigenvalue weighted by molar-refractivity contribution is 9.11. The number of esters is 1. The average Bonchev–Trinajstić information content (AvgIpc) is 3.26. The van der Waals surface area contributed by atoms with Gasteiger partial charge in [-0.2, -0.15) is 0 Å². The molecule has 6 nitrogen and oxygen atoms in total. The number of hydrogen-bond acceptors (Lipinski definition) is 7. The molecular formula is C31H29BrN2O4S2. The Morgan fingerprint density at radius 3 is 2.62 bits per heavy atom. The molecule has 2 atom stereocenters. The summed E-state index contributed by atoms with van der Waals surface area (Å²) >= 11 is 6.66. The molecule has 9 heteroatoms. The van der Waals surface area contributed by atoms with Crippen molar-refractivity contribution in [2.45, 2.75) is 37.8 Å². The molecule has 5 rings (SSSR count). The van der Waals surface area contributed by atoms with Crippen LogP contribution in [-0.4, -0.2) is 23.4 Å². The third-order valence-electron chi connectivity index (χ3n) is 6.73. The van der Waals surface area contributed by atoms with Gasteiger partial charge >= 0.3 is 5.97 Å². The van der Waals surface area contributed by atoms with Crippen molar-refractivity contribution in [1.29, 1.82) is 0 Å². The van der Waals surface area contributed by atoms with Crippen LogP contribution < -0.4 is 14.9 Å². The number of ether oxygens (including phenoxy) is 2. The summed E-state index contributed by atoms with van der Waals surface area (Å²) in [4.78, 5) is 33.3. The van der Waals surface area contributed by atoms with E-state index in [0.717, 1.165) is 26.3 Å². The van der Waals surface area contributed by atoms with Crippen LogP contribution in [0.2, 0.25) is 0 Å². The number of aromatic nitrogens is 1. The Balaban J connectivity index is 1.47. The topological polar surface area (TPSA) is 69.9 Å². The van der Waals surface area contributed by atoms with Crippen molar-refractivity contribution in [2.24, 2.45) is 10.9 Å². The van der Waals surface area contributed by atoms with E-state index in [1.807, 2.05) is 73.0 Å². The van der Waals surface area contributed by atoms with Gasteiger partial charge < -0.3 is 9.47 Å². The lowest BCUT2D eigenvalue weighted by Gasteiger charge is -2.24. The van der Waals surface area contributed by atoms with Crippen LogP contribution in [0.15, 0.2) is 103 Å². The first kappa shape index (κ1) is 28.4. The fourth-order valence-electron chi connectivity index (χ4n) is 4.75. The van der Waals surface area contributed by atoms with E-state index in [9.17, 15) is 9.59 Å². The lowest BCUT2D eigenvalue weighted by atomic mass is 9.96. The number of rotatable bonds is 8. The van der Waals surface area contributed by atoms with Gasteiger partial charge in [0, 0.05) is 15.3 Å². The maximum absolute atomic E-state index is 13.9. The molecule has 3 aromatic rings. The summed E-state index contributed by atoms with van der Waals surface area (Å²) < 4.78 is 14.6. The Morgan fingerprint density at radius 2 is 1.95 bits per heavy atom. The summed E-state index contributed by atoms with van der Waals surface area (Å²) in [5.41, 5.74) is 2.72. The van der Waals surface area contributed by atoms with E-state index in [0.29, 0.717) is 33.6 Å². The molecule has 0 bridgehead atoms. The summed E-state index contributed by atoms with van der Waals surface area (Å²) in [5, 5.41) is 0. The number of thiazole rings is 1. The van der Waals surface area contributed by atoms with Crippen LogP contribution in [0.25, 0.3) is 6.08 Å². The van der Waals surface area contributed by atoms with E-state index in [1.54, 1.807) is 30.2 Å². The zero-order valence-corrected chi connectivity index (χ0v) is 25.6. The number of halogens is 1. The Morgan fingerprint density at radius 1 is 1.20 bits per heavy atom. The second-order valence-corrected chi connectivity index (χ2v) is 12.2. The number of nitrogens with zero attached hydrogens (tertiary/aromatic N) is 2. The minimum absolute atomic E-state index is 0.00440. The molecule has 2 aliphatic rings. The van der Waals surface area contributed by atoms with Gasteiger partial charge in [0.05, 0.1) is 28.5 Å². The van der Waals surface area contributed by atoms with Crippen LogP contribution in [0.4, 0.5) is 0 Å². The van der Waals surface area contributed by atoms with Gasteiger partial charge in [-0.25, -0.2) is 9.79 Å². The number of allylic oxidation sites excluding steroid dienone is 4. The molecule has 0 saturated carbocycles. The minimum Gasteiger partial charge on any atom is -0.488 e. The molecule has 40 heavy (non-hydrogen) atoms. The van der Waals surface area contributed by atoms with Gasteiger partial charge in [-0.15, -0.1) is 11.8 Å². The quantitative estimate of drug-likeness (QED) is 0.228. The zero-order chi connectivity index (χ0) is 28.2. The molecule has 1 aliphatic carbocycles. The molecule has 1 aliphatic heterocycles. The molecular weight excluding hydrogens is 608 g/mol. The van der Waals surface area contributed by atoms with E-state index in [-0.39, 0.29) is 18.1 Å². The molecule has 2 heterocycles. The van der Waals surface area contributed by atoms with Crippen molar-refractivity contribution in [3.05, 3.63) is 119 Å². The molecule has 0 N–H and O–H groups in total. The Hall–Kier alpha value is -3.14. The van der Waals surface area contributed by atoms with Crippen LogP contribution in [-0.2, 0) is 20.9 Å². The van der Waals surface area contributed by atoms with Crippen LogP contribution in [0, 0.1) is 5.92 Å². The van der Waals surface area contributed by atoms with Gasteiger partial charge in [0.25, 0.3) is 5.56 Å². The molecule has 0 spiro atoms. The molecule has 0 unspecified atom stereocenters. The first-order valence-electron chi connectivity index (χ1n) is 13.0. The van der Waals surface area contributed by atoms with E-state index < -0.39 is 12.0 Å². The van der Waals surface area contributed by atoms with Crippen LogP contribution >= 0.6 is 39.0 Å². The maximum atomic E-state index is 13.9. The van der Waals surface area contributed by atoms with Gasteiger partial charge in [-0.1, -0.05) is 81.9 Å². The number of carbonyl (C=O) groups excluding carboxylic acids is 1. The smallest absolute Gasteiger partial charge is 0.338 e. The Labute approximate surface area is 249 Å². The van der Waals surface area contributed by atoms with Crippen LogP contribution in [0.5, 0.6) is 0 Å². The lowest BCUT2D eigenvalue weighted by molar-refractivity contribution is -0.139. The third-order valence-corrected chi connectivity index (χ3v) is 9.19. The highest BCUT2D eigenvalue weighted by Gasteiger charge is 2.33. The predicted octanol–water partition coefficient (Wildman–Crippen LogP) is 5.87. The predicted molar refractivity (Wildman–Crippen MR) is 164 cm³/mol. The third kappa shape index (κ3) is 5.96. The number of thioether (sulfide) groups is 1. The summed E-state index contributed by atoms with van der Waals surface area (Å²) in [6, 6.07) is 17.4. The van der Waals surface area contributed by atoms with Gasteiger partial charge in [0.15, 0.2) is 4.80 Å². The van der Waals surface area contributed by atoms with Crippen molar-refractivity contribution in [2.75, 3.05) is 12.9 Å². The molecule has 206 valence electrons. The van der Waals surface area contributed by atoms with Crippen molar-refractivity contribution in [3.8, 4) is 0 Å². The number of benzene rings is 2. The van der Waals surface area contributed by atoms with E-state index >= 15 is 0 Å². The zero-order valence-electron chi connectivity index (χ0n) is 22.4. The molecule has 2 aromatic carbocycles. The SMILES string of the molecule is CCOC(=O)C1=C(C)N=c2s/c(=C\[C@@H]3C=CC(OCc4ccccc4)=C(Br)C3)c(=O)n2[C@H]1c1ccc(SC)cc1. The Bertz CT molecular complexity index is 1690. The summed E-state index contributed by atoms with van der Waals surface area (Å²) in [6.07, 6.45) is 8.67. The maximum Gasteiger partial charge on any atom is 0.338 e. The summed E-state index contributed by atoms with van der Waals surface area (Å²) in [6.45, 7) is 4.30. The second kappa shape index (κ2) is 12.6. The van der Waals surface area contributed by atoms with Gasteiger partial charge in [0.2, 0.25) is 0 Å². The van der Waals surface area contributed by atoms with Crippen molar-refractivity contribution >= 4 is 51.1 Å². The van der Waals surface area contributed by atoms with Crippen molar-refractivity contribution in [3.63, 3.8) is 0 Å². The number of fused-ring (bicyclic) bond motifs is 1. The average molecular weight is 638 g/mol. The van der Waals surface area contributed by atoms with E-state index in [1.165, 1.54) is 11.3 Å². The molecule has 0 radical (unpaired) electrons. The van der Waals surface area contributed by atoms with Gasteiger partial charge in [-0.05, 0) is 55.9 Å². The molecule has 0 amide bonds. The first-order valence-corrected chi connectivity index (χ1v) is 15.8. The number of carbonyl (C=O) groups is 1. The van der Waals surface area contributed by atoms with Crippen molar-refractivity contribution < 1.29 is 14.3 Å². The molecule has 1 aromatic heterocycles. The fourth-order valence-corrected chi connectivity index (χ4v) is 6.88. The first-order chi connectivity index (χ1) is 19.4. The molecule has 0 saturated heterocycles. The highest BCUT2D eigenvalue weighted by Crippen LogP contribution is 2.32. The lowest BCUT2D eigenvalue weighted by Crippen LogP contribution is -2.40. The Kier molecular flexibility index (Phi) is 8.93. The summed E-state index contributed by atoms with van der Waals surface area (Å²) in [7, 11) is 0. The normalized spacial score (nSPS) is 18.9. The number of hydrogen-bond donors (Lipinski definition) is 0. The van der Waals surface area contributed by atoms with Gasteiger partial charge in [0.1, 0.15) is 12.4 Å². The van der Waals surface area contributed by atoms with E-state index in [4.69, 9.17) is 9.47 Å². The monoisotopic (exact) mass is 636 g/mol. The minimum atomic E-state index is -0.611. The van der Waals surface area contributed by atoms with Gasteiger partial charge in [-0.3, -0.25) is 9.36 Å². The van der Waals surface area contributed by atoms with Crippen molar-refractivity contribution in [1.82, 2.24) is 4.57 Å². The molecule has 0 fully saturated rings.